The topological polar surface area (TPSA) is 105 Å². The standard InChI is InChI=1S/C12H16N4O4S/c17-10(1-3-16-5-6-21-12(16)20)13-2-4-15-7-9(11(18)19)14-8-15/h7-8H,1-6H2,(H,13,17)(H,18,19). The van der Waals surface area contributed by atoms with Gasteiger partial charge in [0.25, 0.3) is 5.24 Å². The van der Waals surface area contributed by atoms with Crippen molar-refractivity contribution in [3.63, 3.8) is 0 Å². The molecule has 1 aromatic rings. The van der Waals surface area contributed by atoms with Gasteiger partial charge < -0.3 is 19.9 Å². The zero-order valence-electron chi connectivity index (χ0n) is 11.3. The highest BCUT2D eigenvalue weighted by atomic mass is 32.2. The lowest BCUT2D eigenvalue weighted by molar-refractivity contribution is -0.121. The molecule has 8 nitrogen and oxygen atoms in total. The summed E-state index contributed by atoms with van der Waals surface area (Å²) in [4.78, 5) is 39.0. The summed E-state index contributed by atoms with van der Waals surface area (Å²) in [5.74, 6) is -0.420. The first-order valence-electron chi connectivity index (χ1n) is 6.50. The van der Waals surface area contributed by atoms with Crippen LogP contribution in [0, 0.1) is 0 Å². The summed E-state index contributed by atoms with van der Waals surface area (Å²) >= 11 is 1.27. The SMILES string of the molecule is O=C(CCN1CCSC1=O)NCCn1cnc(C(=O)O)c1. The van der Waals surface area contributed by atoms with E-state index in [4.69, 9.17) is 5.11 Å². The molecule has 2 rings (SSSR count). The maximum Gasteiger partial charge on any atom is 0.356 e. The molecule has 0 radical (unpaired) electrons. The number of thioether (sulfide) groups is 1. The van der Waals surface area contributed by atoms with E-state index in [1.807, 2.05) is 0 Å². The van der Waals surface area contributed by atoms with Crippen LogP contribution in [-0.2, 0) is 11.3 Å². The van der Waals surface area contributed by atoms with E-state index < -0.39 is 5.97 Å². The molecule has 0 aliphatic carbocycles. The fourth-order valence-corrected chi connectivity index (χ4v) is 2.72. The van der Waals surface area contributed by atoms with Crippen LogP contribution in [0.3, 0.4) is 0 Å². The Balaban J connectivity index is 1.64. The van der Waals surface area contributed by atoms with Gasteiger partial charge in [-0.3, -0.25) is 9.59 Å². The summed E-state index contributed by atoms with van der Waals surface area (Å²) < 4.78 is 1.60. The number of carboxylic acids is 1. The highest BCUT2D eigenvalue weighted by Gasteiger charge is 2.21. The van der Waals surface area contributed by atoms with E-state index in [-0.39, 0.29) is 23.3 Å². The number of carboxylic acid groups (broad SMARTS) is 1. The number of rotatable bonds is 7. The van der Waals surface area contributed by atoms with Crippen molar-refractivity contribution in [1.82, 2.24) is 19.8 Å². The van der Waals surface area contributed by atoms with Crippen molar-refractivity contribution in [2.24, 2.45) is 0 Å². The van der Waals surface area contributed by atoms with Crippen molar-refractivity contribution in [3.8, 4) is 0 Å². The Morgan fingerprint density at radius 1 is 1.43 bits per heavy atom. The molecular formula is C12H16N4O4S. The molecule has 1 aromatic heterocycles. The summed E-state index contributed by atoms with van der Waals surface area (Å²) in [6, 6.07) is 0. The van der Waals surface area contributed by atoms with Crippen molar-refractivity contribution < 1.29 is 19.5 Å². The van der Waals surface area contributed by atoms with Crippen LogP contribution in [0.5, 0.6) is 0 Å². The third-order valence-corrected chi connectivity index (χ3v) is 3.89. The maximum atomic E-state index is 11.6. The van der Waals surface area contributed by atoms with Crippen molar-refractivity contribution in [3.05, 3.63) is 18.2 Å². The van der Waals surface area contributed by atoms with Gasteiger partial charge in [-0.25, -0.2) is 9.78 Å². The lowest BCUT2D eigenvalue weighted by Crippen LogP contribution is -2.32. The highest BCUT2D eigenvalue weighted by Crippen LogP contribution is 2.16. The van der Waals surface area contributed by atoms with Gasteiger partial charge in [-0.1, -0.05) is 11.8 Å². The van der Waals surface area contributed by atoms with E-state index in [1.165, 1.54) is 24.3 Å². The van der Waals surface area contributed by atoms with Crippen LogP contribution in [0.25, 0.3) is 0 Å². The number of carbonyl (C=O) groups is 3. The van der Waals surface area contributed by atoms with Crippen LogP contribution >= 0.6 is 11.8 Å². The van der Waals surface area contributed by atoms with Crippen LogP contribution in [0.15, 0.2) is 12.5 Å². The average Bonchev–Trinajstić information content (AvgIpc) is 3.06. The lowest BCUT2D eigenvalue weighted by atomic mass is 10.3. The number of hydrogen-bond donors (Lipinski definition) is 2. The van der Waals surface area contributed by atoms with Crippen LogP contribution in [0.4, 0.5) is 4.79 Å². The molecule has 0 aromatic carbocycles. The predicted octanol–water partition coefficient (Wildman–Crippen LogP) is 0.256. The Morgan fingerprint density at radius 2 is 2.24 bits per heavy atom. The largest absolute Gasteiger partial charge is 0.476 e. The smallest absolute Gasteiger partial charge is 0.356 e. The molecule has 1 aliphatic heterocycles. The molecule has 2 heterocycles. The van der Waals surface area contributed by atoms with E-state index in [9.17, 15) is 14.4 Å². The number of aromatic nitrogens is 2. The fourth-order valence-electron chi connectivity index (χ4n) is 1.87. The fraction of sp³-hybridized carbons (Fsp3) is 0.500. The Kier molecular flexibility index (Phi) is 5.20. The molecule has 114 valence electrons. The number of amides is 2. The third-order valence-electron chi connectivity index (χ3n) is 3.00. The summed E-state index contributed by atoms with van der Waals surface area (Å²) in [5, 5.41) is 11.5. The lowest BCUT2D eigenvalue weighted by Gasteiger charge is -2.13. The van der Waals surface area contributed by atoms with Crippen LogP contribution in [0.1, 0.15) is 16.9 Å². The molecule has 9 heteroatoms. The molecule has 0 bridgehead atoms. The van der Waals surface area contributed by atoms with Crippen LogP contribution in [-0.4, -0.2) is 62.1 Å². The molecule has 1 saturated heterocycles. The second-order valence-electron chi connectivity index (χ2n) is 4.50. The number of carbonyl (C=O) groups excluding carboxylic acids is 2. The van der Waals surface area contributed by atoms with Crippen LogP contribution in [0.2, 0.25) is 0 Å². The molecule has 1 aliphatic rings. The minimum absolute atomic E-state index is 0.0219. The van der Waals surface area contributed by atoms with Crippen LogP contribution < -0.4 is 5.32 Å². The Hall–Kier alpha value is -2.03. The van der Waals surface area contributed by atoms with Crippen molar-refractivity contribution in [2.75, 3.05) is 25.4 Å². The van der Waals surface area contributed by atoms with E-state index in [1.54, 1.807) is 9.47 Å². The first kappa shape index (κ1) is 15.4. The van der Waals surface area contributed by atoms with Gasteiger partial charge in [0.1, 0.15) is 0 Å². The molecule has 0 saturated carbocycles. The highest BCUT2D eigenvalue weighted by molar-refractivity contribution is 8.13. The minimum atomic E-state index is -1.08. The number of imidazole rings is 1. The summed E-state index contributed by atoms with van der Waals surface area (Å²) in [6.07, 6.45) is 3.10. The average molecular weight is 312 g/mol. The van der Waals surface area contributed by atoms with Gasteiger partial charge in [0.2, 0.25) is 5.91 Å². The normalized spacial score (nSPS) is 14.5. The van der Waals surface area contributed by atoms with Gasteiger partial charge in [0, 0.05) is 44.5 Å². The first-order valence-corrected chi connectivity index (χ1v) is 7.48. The van der Waals surface area contributed by atoms with Crippen molar-refractivity contribution in [1.29, 1.82) is 0 Å². The molecular weight excluding hydrogens is 296 g/mol. The quantitative estimate of drug-likeness (QED) is 0.748. The molecule has 0 atom stereocenters. The summed E-state index contributed by atoms with van der Waals surface area (Å²) in [6.45, 7) is 1.97. The van der Waals surface area contributed by atoms with Gasteiger partial charge in [-0.05, 0) is 0 Å². The van der Waals surface area contributed by atoms with Crippen molar-refractivity contribution in [2.45, 2.75) is 13.0 Å². The Morgan fingerprint density at radius 3 is 2.86 bits per heavy atom. The minimum Gasteiger partial charge on any atom is -0.476 e. The molecule has 2 N–H and O–H groups in total. The predicted molar refractivity (Wildman–Crippen MR) is 76.2 cm³/mol. The molecule has 21 heavy (non-hydrogen) atoms. The first-order chi connectivity index (χ1) is 10.1. The zero-order chi connectivity index (χ0) is 15.2. The van der Waals surface area contributed by atoms with E-state index in [0.29, 0.717) is 26.2 Å². The number of nitrogens with one attached hydrogen (secondary N) is 1. The molecule has 2 amide bonds. The molecule has 0 unspecified atom stereocenters. The summed E-state index contributed by atoms with van der Waals surface area (Å²) in [7, 11) is 0. The third kappa shape index (κ3) is 4.48. The second-order valence-corrected chi connectivity index (χ2v) is 5.55. The number of hydrogen-bond acceptors (Lipinski definition) is 5. The Labute approximate surface area is 125 Å². The van der Waals surface area contributed by atoms with Gasteiger partial charge in [-0.15, -0.1) is 0 Å². The number of aromatic carboxylic acids is 1. The molecule has 1 fully saturated rings. The maximum absolute atomic E-state index is 11.6. The zero-order valence-corrected chi connectivity index (χ0v) is 12.1. The van der Waals surface area contributed by atoms with Crippen molar-refractivity contribution >= 4 is 28.9 Å². The molecule has 0 spiro atoms. The van der Waals surface area contributed by atoms with Gasteiger partial charge in [0.05, 0.1) is 6.33 Å². The second kappa shape index (κ2) is 7.11. The van der Waals surface area contributed by atoms with Gasteiger partial charge in [0.15, 0.2) is 5.69 Å². The monoisotopic (exact) mass is 312 g/mol. The van der Waals surface area contributed by atoms with E-state index in [2.05, 4.69) is 10.3 Å². The van der Waals surface area contributed by atoms with Gasteiger partial charge in [-0.2, -0.15) is 0 Å². The van der Waals surface area contributed by atoms with Gasteiger partial charge >= 0.3 is 5.97 Å². The van der Waals surface area contributed by atoms with E-state index in [0.717, 1.165) is 5.75 Å². The van der Waals surface area contributed by atoms with E-state index >= 15 is 0 Å². The number of nitrogens with zero attached hydrogens (tertiary/aromatic N) is 3. The summed E-state index contributed by atoms with van der Waals surface area (Å²) in [5.41, 5.74) is -0.0219. The Bertz CT molecular complexity index is 545.